The number of esters is 1. The zero-order valence-electron chi connectivity index (χ0n) is 13.9. The van der Waals surface area contributed by atoms with Gasteiger partial charge in [0.2, 0.25) is 0 Å². The summed E-state index contributed by atoms with van der Waals surface area (Å²) < 4.78 is 10.7. The van der Waals surface area contributed by atoms with Gasteiger partial charge in [0.1, 0.15) is 11.5 Å². The van der Waals surface area contributed by atoms with Crippen molar-refractivity contribution in [1.82, 2.24) is 0 Å². The monoisotopic (exact) mass is 308 g/mol. The molecule has 0 aromatic heterocycles. The van der Waals surface area contributed by atoms with Gasteiger partial charge in [-0.1, -0.05) is 45.1 Å². The van der Waals surface area contributed by atoms with Gasteiger partial charge in [-0.15, -0.1) is 0 Å². The van der Waals surface area contributed by atoms with Crippen LogP contribution in [0, 0.1) is 6.92 Å². The van der Waals surface area contributed by atoms with E-state index in [1.807, 2.05) is 0 Å². The van der Waals surface area contributed by atoms with Crippen LogP contribution in [0.15, 0.2) is 18.2 Å². The average molecular weight is 308 g/mol. The predicted octanol–water partition coefficient (Wildman–Crippen LogP) is 4.37. The van der Waals surface area contributed by atoms with Crippen molar-refractivity contribution in [2.24, 2.45) is 0 Å². The Balaban J connectivity index is 2.23. The van der Waals surface area contributed by atoms with E-state index in [9.17, 15) is 9.90 Å². The molecule has 0 bridgehead atoms. The second kappa shape index (κ2) is 10.1. The van der Waals surface area contributed by atoms with E-state index in [1.54, 1.807) is 26.0 Å². The molecule has 0 aliphatic heterocycles. The molecule has 0 saturated carbocycles. The van der Waals surface area contributed by atoms with Crippen LogP contribution in [-0.4, -0.2) is 23.8 Å². The summed E-state index contributed by atoms with van der Waals surface area (Å²) in [4.78, 5) is 11.8. The maximum absolute atomic E-state index is 11.8. The van der Waals surface area contributed by atoms with Crippen LogP contribution < -0.4 is 4.74 Å². The lowest BCUT2D eigenvalue weighted by Gasteiger charge is -2.14. The molecular weight excluding hydrogens is 280 g/mol. The third-order valence-electron chi connectivity index (χ3n) is 3.57. The molecule has 1 aromatic rings. The van der Waals surface area contributed by atoms with Crippen molar-refractivity contribution in [1.29, 1.82) is 0 Å². The smallest absolute Gasteiger partial charge is 0.347 e. The van der Waals surface area contributed by atoms with E-state index >= 15 is 0 Å². The van der Waals surface area contributed by atoms with Crippen LogP contribution in [0.25, 0.3) is 0 Å². The molecule has 0 aliphatic rings. The van der Waals surface area contributed by atoms with E-state index in [0.29, 0.717) is 12.4 Å². The van der Waals surface area contributed by atoms with Gasteiger partial charge in [-0.3, -0.25) is 0 Å². The summed E-state index contributed by atoms with van der Waals surface area (Å²) in [5.74, 6) is 0.255. The molecule has 1 unspecified atom stereocenters. The number of phenolic OH excluding ortho intramolecular Hbond substituents is 1. The molecule has 124 valence electrons. The van der Waals surface area contributed by atoms with Gasteiger partial charge in [-0.05, 0) is 31.9 Å². The molecule has 1 N–H and O–H groups in total. The lowest BCUT2D eigenvalue weighted by Crippen LogP contribution is -2.26. The Morgan fingerprint density at radius 2 is 1.86 bits per heavy atom. The fraction of sp³-hybridized carbons (Fsp3) is 0.611. The molecule has 0 aliphatic carbocycles. The number of carbonyl (C=O) groups is 1. The van der Waals surface area contributed by atoms with E-state index in [1.165, 1.54) is 31.7 Å². The van der Waals surface area contributed by atoms with E-state index in [0.717, 1.165) is 18.4 Å². The number of hydrogen-bond donors (Lipinski definition) is 1. The lowest BCUT2D eigenvalue weighted by molar-refractivity contribution is -0.151. The zero-order chi connectivity index (χ0) is 16.4. The van der Waals surface area contributed by atoms with Gasteiger partial charge < -0.3 is 14.6 Å². The molecule has 4 heteroatoms. The van der Waals surface area contributed by atoms with Gasteiger partial charge in [-0.2, -0.15) is 0 Å². The fourth-order valence-electron chi connectivity index (χ4n) is 2.09. The number of aromatic hydroxyl groups is 1. The van der Waals surface area contributed by atoms with Crippen LogP contribution in [0.2, 0.25) is 0 Å². The number of benzene rings is 1. The second-order valence-electron chi connectivity index (χ2n) is 5.64. The first-order chi connectivity index (χ1) is 10.5. The second-order valence-corrected chi connectivity index (χ2v) is 5.64. The minimum atomic E-state index is -0.679. The molecule has 0 amide bonds. The standard InChI is InChI=1S/C18H28O4/c1-4-5-6-7-8-9-12-21-18(20)15(3)22-16-11-10-14(2)17(19)13-16/h10-11,13,15,19H,4-9,12H2,1-3H3. The zero-order valence-corrected chi connectivity index (χ0v) is 13.9. The average Bonchev–Trinajstić information content (AvgIpc) is 2.49. The molecule has 22 heavy (non-hydrogen) atoms. The van der Waals surface area contributed by atoms with Gasteiger partial charge in [0.25, 0.3) is 0 Å². The van der Waals surface area contributed by atoms with Crippen molar-refractivity contribution >= 4 is 5.97 Å². The van der Waals surface area contributed by atoms with Crippen LogP contribution in [0.4, 0.5) is 0 Å². The maximum Gasteiger partial charge on any atom is 0.347 e. The van der Waals surface area contributed by atoms with Gasteiger partial charge in [0.15, 0.2) is 6.10 Å². The van der Waals surface area contributed by atoms with E-state index in [4.69, 9.17) is 9.47 Å². The first-order valence-electron chi connectivity index (χ1n) is 8.17. The first-order valence-corrected chi connectivity index (χ1v) is 8.17. The topological polar surface area (TPSA) is 55.8 Å². The molecule has 0 radical (unpaired) electrons. The Morgan fingerprint density at radius 1 is 1.18 bits per heavy atom. The van der Waals surface area contributed by atoms with Crippen LogP contribution in [0.3, 0.4) is 0 Å². The van der Waals surface area contributed by atoms with Crippen molar-refractivity contribution < 1.29 is 19.4 Å². The third kappa shape index (κ3) is 6.83. The number of phenols is 1. The summed E-state index contributed by atoms with van der Waals surface area (Å²) in [6.45, 7) is 6.09. The molecule has 1 rings (SSSR count). The van der Waals surface area contributed by atoms with Crippen molar-refractivity contribution in [2.45, 2.75) is 65.4 Å². The summed E-state index contributed by atoms with van der Waals surface area (Å²) in [5.41, 5.74) is 0.769. The Morgan fingerprint density at radius 3 is 2.55 bits per heavy atom. The van der Waals surface area contributed by atoms with E-state index in [2.05, 4.69) is 6.92 Å². The Kier molecular flexibility index (Phi) is 8.41. The largest absolute Gasteiger partial charge is 0.508 e. The predicted molar refractivity (Wildman–Crippen MR) is 87.3 cm³/mol. The van der Waals surface area contributed by atoms with Crippen LogP contribution in [-0.2, 0) is 9.53 Å². The van der Waals surface area contributed by atoms with E-state index in [-0.39, 0.29) is 11.7 Å². The molecule has 0 heterocycles. The summed E-state index contributed by atoms with van der Waals surface area (Å²) in [5, 5.41) is 9.62. The highest BCUT2D eigenvalue weighted by molar-refractivity contribution is 5.74. The summed E-state index contributed by atoms with van der Waals surface area (Å²) in [7, 11) is 0. The molecular formula is C18H28O4. The van der Waals surface area contributed by atoms with Gasteiger partial charge >= 0.3 is 5.97 Å². The highest BCUT2D eigenvalue weighted by atomic mass is 16.6. The number of hydrogen-bond acceptors (Lipinski definition) is 4. The third-order valence-corrected chi connectivity index (χ3v) is 3.57. The van der Waals surface area contributed by atoms with Crippen LogP contribution in [0.1, 0.15) is 57.9 Å². The minimum absolute atomic E-state index is 0.158. The molecule has 0 saturated heterocycles. The van der Waals surface area contributed by atoms with Crippen molar-refractivity contribution in [3.8, 4) is 11.5 Å². The summed E-state index contributed by atoms with van der Waals surface area (Å²) in [6.07, 6.45) is 6.26. The van der Waals surface area contributed by atoms with Gasteiger partial charge in [-0.25, -0.2) is 4.79 Å². The van der Waals surface area contributed by atoms with Gasteiger partial charge in [0.05, 0.1) is 6.61 Å². The van der Waals surface area contributed by atoms with E-state index < -0.39 is 6.10 Å². The molecule has 4 nitrogen and oxygen atoms in total. The highest BCUT2D eigenvalue weighted by Crippen LogP contribution is 2.23. The summed E-state index contributed by atoms with van der Waals surface area (Å²) >= 11 is 0. The number of carbonyl (C=O) groups excluding carboxylic acids is 1. The SMILES string of the molecule is CCCCCCCCOC(=O)C(C)Oc1ccc(C)c(O)c1. The number of unbranched alkanes of at least 4 members (excludes halogenated alkanes) is 5. The fourth-order valence-corrected chi connectivity index (χ4v) is 2.09. The Bertz CT molecular complexity index is 456. The quantitative estimate of drug-likeness (QED) is 0.515. The number of rotatable bonds is 10. The molecule has 0 fully saturated rings. The first kappa shape index (κ1) is 18.3. The van der Waals surface area contributed by atoms with Crippen LogP contribution >= 0.6 is 0 Å². The maximum atomic E-state index is 11.8. The lowest BCUT2D eigenvalue weighted by atomic mass is 10.1. The minimum Gasteiger partial charge on any atom is -0.508 e. The normalized spacial score (nSPS) is 12.0. The van der Waals surface area contributed by atoms with Crippen molar-refractivity contribution in [3.05, 3.63) is 23.8 Å². The molecule has 0 spiro atoms. The van der Waals surface area contributed by atoms with Crippen molar-refractivity contribution in [3.63, 3.8) is 0 Å². The van der Waals surface area contributed by atoms with Crippen molar-refractivity contribution in [2.75, 3.05) is 6.61 Å². The number of aryl methyl sites for hydroxylation is 1. The van der Waals surface area contributed by atoms with Gasteiger partial charge in [0, 0.05) is 6.07 Å². The molecule has 1 aromatic carbocycles. The Labute approximate surface area is 133 Å². The molecule has 1 atom stereocenters. The Hall–Kier alpha value is -1.71. The highest BCUT2D eigenvalue weighted by Gasteiger charge is 2.16. The summed E-state index contributed by atoms with van der Waals surface area (Å²) in [6, 6.07) is 4.98. The number of ether oxygens (including phenoxy) is 2. The van der Waals surface area contributed by atoms with Crippen LogP contribution in [0.5, 0.6) is 11.5 Å².